The molecule has 0 radical (unpaired) electrons. The fourth-order valence-corrected chi connectivity index (χ4v) is 6.59. The normalized spacial score (nSPS) is 31.3. The van der Waals surface area contributed by atoms with Gasteiger partial charge < -0.3 is 24.7 Å². The van der Waals surface area contributed by atoms with E-state index in [2.05, 4.69) is 29.9 Å². The second-order valence-electron chi connectivity index (χ2n) is 9.03. The first-order chi connectivity index (χ1) is 19.8. The van der Waals surface area contributed by atoms with Gasteiger partial charge >= 0.3 is 8.25 Å². The number of aromatic nitrogens is 8. The van der Waals surface area contributed by atoms with E-state index in [1.807, 2.05) is 0 Å². The number of methoxy groups -OCH3 is 1. The number of hydrogen-bond acceptors (Lipinski definition) is 13. The predicted molar refractivity (Wildman–Crippen MR) is 137 cm³/mol. The molecule has 4 N–H and O–H groups in total. The highest BCUT2D eigenvalue weighted by molar-refractivity contribution is 7.33. The zero-order valence-electron chi connectivity index (χ0n) is 20.9. The van der Waals surface area contributed by atoms with Gasteiger partial charge in [0.25, 0.3) is 11.1 Å². The van der Waals surface area contributed by atoms with Crippen LogP contribution < -0.4 is 16.9 Å². The van der Waals surface area contributed by atoms with Gasteiger partial charge in [-0.1, -0.05) is 4.52 Å². The molecule has 4 aromatic heterocycles. The maximum absolute atomic E-state index is 15.8. The van der Waals surface area contributed by atoms with Crippen molar-refractivity contribution in [2.75, 3.05) is 25.6 Å². The largest absolute Gasteiger partial charge is 0.699 e. The highest BCUT2D eigenvalue weighted by atomic mass is 31.1. The third kappa shape index (κ3) is 5.03. The molecule has 2 aliphatic heterocycles. The number of nitrogens with zero attached hydrogens (tertiary/aromatic N) is 6. The summed E-state index contributed by atoms with van der Waals surface area (Å²) in [5.74, 6) is -1.11. The van der Waals surface area contributed by atoms with Gasteiger partial charge in [-0.25, -0.2) is 23.7 Å². The second kappa shape index (κ2) is 11.2. The minimum absolute atomic E-state index is 0.000331. The van der Waals surface area contributed by atoms with Crippen LogP contribution in [0.2, 0.25) is 0 Å². The summed E-state index contributed by atoms with van der Waals surface area (Å²) < 4.78 is 74.4. The Balaban J connectivity index is 1.29. The smallest absolute Gasteiger partial charge is 0.369 e. The maximum Gasteiger partial charge on any atom is 0.699 e. The molecule has 6 heterocycles. The average molecular weight is 616 g/mol. The van der Waals surface area contributed by atoms with Gasteiger partial charge in [0, 0.05) is 26.4 Å². The number of alkyl halides is 2. The molecule has 0 aromatic carbocycles. The summed E-state index contributed by atoms with van der Waals surface area (Å²) in [5.41, 5.74) is 4.25. The molecule has 2 aliphatic rings. The van der Waals surface area contributed by atoms with Gasteiger partial charge in [-0.15, -0.1) is 4.52 Å². The van der Waals surface area contributed by atoms with Crippen LogP contribution in [0.5, 0.6) is 0 Å². The number of rotatable bonds is 3. The first-order valence-corrected chi connectivity index (χ1v) is 14.2. The Labute approximate surface area is 229 Å². The Bertz CT molecular complexity index is 1720. The lowest BCUT2D eigenvalue weighted by atomic mass is 10.0. The molecule has 41 heavy (non-hydrogen) atoms. The van der Waals surface area contributed by atoms with Crippen LogP contribution in [0, 0.1) is 5.92 Å². The van der Waals surface area contributed by atoms with E-state index in [-0.39, 0.29) is 34.4 Å². The number of H-pyrrole nitrogens is 2. The Morgan fingerprint density at radius 3 is 2.59 bits per heavy atom. The number of nitrogens with two attached hydrogens (primary N) is 1. The summed E-state index contributed by atoms with van der Waals surface area (Å²) in [5, 5.41) is 0. The van der Waals surface area contributed by atoms with Crippen molar-refractivity contribution in [3.8, 4) is 0 Å². The Morgan fingerprint density at radius 1 is 1.10 bits per heavy atom. The third-order valence-corrected chi connectivity index (χ3v) is 8.44. The van der Waals surface area contributed by atoms with Gasteiger partial charge in [-0.2, -0.15) is 4.98 Å². The molecule has 0 saturated carbocycles. The summed E-state index contributed by atoms with van der Waals surface area (Å²) in [7, 11) is -2.34. The van der Waals surface area contributed by atoms with Crippen molar-refractivity contribution in [3.63, 3.8) is 0 Å². The molecule has 3 unspecified atom stereocenters. The van der Waals surface area contributed by atoms with Gasteiger partial charge in [-0.3, -0.25) is 23.7 Å². The van der Waals surface area contributed by atoms with E-state index >= 15 is 8.78 Å². The minimum Gasteiger partial charge on any atom is -0.369 e. The van der Waals surface area contributed by atoms with Crippen molar-refractivity contribution in [1.29, 1.82) is 0 Å². The molecular formula is C20H22F2N9O8P2+. The van der Waals surface area contributed by atoms with Crippen LogP contribution in [0.15, 0.2) is 28.6 Å². The number of hydrogen-bond donors (Lipinski definition) is 3. The lowest BCUT2D eigenvalue weighted by molar-refractivity contribution is -0.137. The van der Waals surface area contributed by atoms with E-state index < -0.39 is 77.9 Å². The molecule has 0 spiro atoms. The SMILES string of the molecule is COC1OPC[C@H]2[C@H](F)[C@H](n3cnc4c(=O)[nH]cnc43)O[C@@H]2CO[P+](=O)O[C@@H](n2cnc3c(=O)[nH]c(N)nc32)[C@@H]1F. The van der Waals surface area contributed by atoms with Gasteiger partial charge in [-0.05, 0) is 6.16 Å². The molecule has 2 saturated heterocycles. The van der Waals surface area contributed by atoms with E-state index in [0.29, 0.717) is 0 Å². The molecule has 6 rings (SSSR count). The quantitative estimate of drug-likeness (QED) is 0.272. The van der Waals surface area contributed by atoms with Crippen molar-refractivity contribution in [2.24, 2.45) is 5.92 Å². The molecule has 4 aromatic rings. The van der Waals surface area contributed by atoms with Crippen LogP contribution in [-0.2, 0) is 27.6 Å². The molecule has 2 fully saturated rings. The monoisotopic (exact) mass is 616 g/mol. The number of fused-ring (bicyclic) bond motifs is 3. The third-order valence-electron chi connectivity index (χ3n) is 6.66. The first kappa shape index (κ1) is 27.8. The predicted octanol–water partition coefficient (Wildman–Crippen LogP) is 0.810. The number of anilines is 1. The van der Waals surface area contributed by atoms with Crippen LogP contribution in [0.4, 0.5) is 14.7 Å². The van der Waals surface area contributed by atoms with Crippen molar-refractivity contribution >= 4 is 45.3 Å². The van der Waals surface area contributed by atoms with Crippen LogP contribution in [0.1, 0.15) is 12.5 Å². The molecule has 9 atom stereocenters. The summed E-state index contributed by atoms with van der Waals surface area (Å²) in [4.78, 5) is 44.9. The molecule has 0 aliphatic carbocycles. The Kier molecular flexibility index (Phi) is 7.58. The Morgan fingerprint density at radius 2 is 1.83 bits per heavy atom. The minimum atomic E-state index is -3.05. The second-order valence-corrected chi connectivity index (χ2v) is 10.9. The van der Waals surface area contributed by atoms with Gasteiger partial charge in [0.15, 0.2) is 41.0 Å². The average Bonchev–Trinajstić information content (AvgIpc) is 3.64. The van der Waals surface area contributed by atoms with Gasteiger partial charge in [0.05, 0.1) is 25.1 Å². The Hall–Kier alpha value is -3.31. The zero-order chi connectivity index (χ0) is 28.8. The van der Waals surface area contributed by atoms with Crippen LogP contribution in [0.3, 0.4) is 0 Å². The number of nitrogen functional groups attached to an aromatic ring is 1. The molecule has 17 nitrogen and oxygen atoms in total. The van der Waals surface area contributed by atoms with Crippen molar-refractivity contribution in [3.05, 3.63) is 39.7 Å². The topological polar surface area (TPSA) is 216 Å². The standard InChI is InChI=1S/C20H21F2N9O8P2/c1-35-19-10(22)18(31-6-27-12-14(31)28-20(23)29-16(12)33)39-41(34)36-2-8-7(3-40-38-19)9(21)17(37-8)30-5-26-11-13(30)24-4-25-15(11)32/h4-10,17-19,40H,2-3H2,1H3,(H3-,23,24,25,28,29,32,33)/p+1/t7-,8-,9+,10+,17-,18-,19?/m1/s1. The van der Waals surface area contributed by atoms with Crippen LogP contribution in [0.25, 0.3) is 22.3 Å². The fraction of sp³-hybridized carbons (Fsp3) is 0.500. The highest BCUT2D eigenvalue weighted by Gasteiger charge is 2.49. The van der Waals surface area contributed by atoms with Crippen LogP contribution >= 0.6 is 17.1 Å². The van der Waals surface area contributed by atoms with Gasteiger partial charge in [0.1, 0.15) is 6.61 Å². The van der Waals surface area contributed by atoms with E-state index in [4.69, 9.17) is 28.8 Å². The number of imidazole rings is 2. The van der Waals surface area contributed by atoms with Crippen molar-refractivity contribution < 1.29 is 36.4 Å². The van der Waals surface area contributed by atoms with Crippen molar-refractivity contribution in [1.82, 2.24) is 39.0 Å². The number of aromatic amines is 2. The lowest BCUT2D eigenvalue weighted by Gasteiger charge is -2.26. The number of ether oxygens (including phenoxy) is 2. The highest BCUT2D eigenvalue weighted by Crippen LogP contribution is 2.44. The van der Waals surface area contributed by atoms with Gasteiger partial charge in [0.2, 0.25) is 18.3 Å². The zero-order valence-corrected chi connectivity index (χ0v) is 22.8. The fourth-order valence-electron chi connectivity index (χ4n) is 4.70. The van der Waals surface area contributed by atoms with Crippen LogP contribution in [-0.4, -0.2) is 83.7 Å². The summed E-state index contributed by atoms with van der Waals surface area (Å²) in [6, 6.07) is 0. The lowest BCUT2D eigenvalue weighted by Crippen LogP contribution is -2.35. The molecule has 0 amide bonds. The number of nitrogens with one attached hydrogen (secondary N) is 2. The molecule has 21 heteroatoms. The summed E-state index contributed by atoms with van der Waals surface area (Å²) >= 11 is 0. The summed E-state index contributed by atoms with van der Waals surface area (Å²) in [6.45, 7) is -0.394. The van der Waals surface area contributed by atoms with E-state index in [0.717, 1.165) is 17.2 Å². The van der Waals surface area contributed by atoms with E-state index in [1.165, 1.54) is 18.0 Å². The molecular weight excluding hydrogens is 594 g/mol. The first-order valence-electron chi connectivity index (χ1n) is 12.0. The van der Waals surface area contributed by atoms with Crippen molar-refractivity contribution in [2.45, 2.75) is 37.2 Å². The van der Waals surface area contributed by atoms with E-state index in [1.54, 1.807) is 0 Å². The number of halogens is 2. The maximum atomic E-state index is 15.8. The molecule has 0 bridgehead atoms. The molecule has 218 valence electrons. The summed E-state index contributed by atoms with van der Waals surface area (Å²) in [6.07, 6.45) is -5.76. The van der Waals surface area contributed by atoms with E-state index in [9.17, 15) is 14.2 Å².